The quantitative estimate of drug-likeness (QED) is 0.0195. The van der Waals surface area contributed by atoms with Gasteiger partial charge in [0.2, 0.25) is 0 Å². The number of carboxylic acids is 1. The normalized spacial score (nSPS) is 12.9. The molecule has 0 aliphatic rings. The van der Waals surface area contributed by atoms with Crippen molar-refractivity contribution < 1.29 is 42.9 Å². The highest BCUT2D eigenvalue weighted by molar-refractivity contribution is 5.70. The lowest BCUT2D eigenvalue weighted by molar-refractivity contribution is -0.870. The summed E-state index contributed by atoms with van der Waals surface area (Å²) in [5, 5.41) is 11.8. The summed E-state index contributed by atoms with van der Waals surface area (Å²) in [4.78, 5) is 37.2. The van der Waals surface area contributed by atoms with Crippen molar-refractivity contribution >= 4 is 17.9 Å². The molecule has 0 saturated carbocycles. The van der Waals surface area contributed by atoms with E-state index >= 15 is 0 Å². The SMILES string of the molecule is CCCCCC/C=C\C/C=C\CCCCCCCC(=O)OC(COC(=O)CCCCCCCCCCCCCCCCCCCCCCCCCCCCCC)COC(OCC[N+](C)(C)C)C(=O)[O-]. The number of esters is 2. The highest BCUT2D eigenvalue weighted by atomic mass is 16.7. The smallest absolute Gasteiger partial charge is 0.306 e. The van der Waals surface area contributed by atoms with E-state index in [1.807, 2.05) is 21.1 Å². The number of likely N-dealkylation sites (N-methyl/N-ethyl adjacent to an activating group) is 1. The van der Waals surface area contributed by atoms with Crippen LogP contribution in [0, 0.1) is 0 Å². The van der Waals surface area contributed by atoms with Gasteiger partial charge in [-0.25, -0.2) is 0 Å². The fraction of sp³-hybridized carbons (Fsp3) is 0.883. The Morgan fingerprint density at radius 1 is 0.435 bits per heavy atom. The summed E-state index contributed by atoms with van der Waals surface area (Å²) in [5.41, 5.74) is 0. The lowest BCUT2D eigenvalue weighted by atomic mass is 10.0. The summed E-state index contributed by atoms with van der Waals surface area (Å²) >= 11 is 0. The van der Waals surface area contributed by atoms with E-state index in [0.29, 0.717) is 23.9 Å². The standard InChI is InChI=1S/C60H113NO8/c1-6-8-10-12-14-16-18-20-22-24-25-26-27-28-29-30-31-32-33-34-35-37-38-40-42-44-46-48-50-57(62)67-54-56(55-68-60(59(64)65)66-53-52-61(3,4)5)69-58(63)51-49-47-45-43-41-39-36-23-21-19-17-15-13-11-9-7-2/h17,19,23,36,56,60H,6-16,18,20-22,24-35,37-55H2,1-5H3/b19-17-,36-23-. The first-order chi connectivity index (χ1) is 33.6. The van der Waals surface area contributed by atoms with Crippen LogP contribution in [0.15, 0.2) is 24.3 Å². The van der Waals surface area contributed by atoms with Crippen molar-refractivity contribution in [3.63, 3.8) is 0 Å². The van der Waals surface area contributed by atoms with Crippen LogP contribution in [-0.4, -0.2) is 82.3 Å². The van der Waals surface area contributed by atoms with Crippen LogP contribution in [0.5, 0.6) is 0 Å². The molecular formula is C60H113NO8. The lowest BCUT2D eigenvalue weighted by Crippen LogP contribution is -2.44. The molecule has 0 heterocycles. The molecule has 0 spiro atoms. The Kier molecular flexibility index (Phi) is 50.4. The molecule has 0 aromatic carbocycles. The minimum Gasteiger partial charge on any atom is -0.545 e. The molecule has 0 aliphatic heterocycles. The third-order valence-corrected chi connectivity index (χ3v) is 13.2. The Bertz CT molecular complexity index is 1180. The first-order valence-electron chi connectivity index (χ1n) is 29.5. The number of nitrogens with zero attached hydrogens (tertiary/aromatic N) is 1. The number of carbonyl (C=O) groups is 3. The summed E-state index contributed by atoms with van der Waals surface area (Å²) in [6, 6.07) is 0. The molecule has 0 rings (SSSR count). The van der Waals surface area contributed by atoms with Crippen molar-refractivity contribution in [3.05, 3.63) is 24.3 Å². The molecule has 0 saturated heterocycles. The largest absolute Gasteiger partial charge is 0.545 e. The molecule has 406 valence electrons. The molecule has 2 unspecified atom stereocenters. The zero-order valence-corrected chi connectivity index (χ0v) is 46.2. The summed E-state index contributed by atoms with van der Waals surface area (Å²) < 4.78 is 22.7. The Hall–Kier alpha value is -2.23. The van der Waals surface area contributed by atoms with Gasteiger partial charge >= 0.3 is 11.9 Å². The molecule has 0 N–H and O–H groups in total. The third-order valence-electron chi connectivity index (χ3n) is 13.2. The average Bonchev–Trinajstić information content (AvgIpc) is 3.31. The van der Waals surface area contributed by atoms with Crippen LogP contribution in [0.3, 0.4) is 0 Å². The molecular weight excluding hydrogens is 863 g/mol. The number of carbonyl (C=O) groups excluding carboxylic acids is 3. The van der Waals surface area contributed by atoms with Gasteiger partial charge in [0.1, 0.15) is 13.2 Å². The fourth-order valence-corrected chi connectivity index (χ4v) is 8.63. The first-order valence-corrected chi connectivity index (χ1v) is 29.5. The second-order valence-electron chi connectivity index (χ2n) is 21.3. The molecule has 0 fully saturated rings. The van der Waals surface area contributed by atoms with Gasteiger partial charge < -0.3 is 33.3 Å². The molecule has 0 bridgehead atoms. The molecule has 0 radical (unpaired) electrons. The van der Waals surface area contributed by atoms with Gasteiger partial charge in [0.25, 0.3) is 0 Å². The zero-order valence-electron chi connectivity index (χ0n) is 46.2. The van der Waals surface area contributed by atoms with E-state index in [4.69, 9.17) is 18.9 Å². The number of aliphatic carboxylic acids is 1. The molecule has 0 amide bonds. The van der Waals surface area contributed by atoms with E-state index in [2.05, 4.69) is 38.2 Å². The van der Waals surface area contributed by atoms with Crippen LogP contribution >= 0.6 is 0 Å². The minimum absolute atomic E-state index is 0.147. The van der Waals surface area contributed by atoms with Gasteiger partial charge in [0.15, 0.2) is 12.4 Å². The molecule has 69 heavy (non-hydrogen) atoms. The van der Waals surface area contributed by atoms with E-state index < -0.39 is 24.3 Å². The van der Waals surface area contributed by atoms with Crippen LogP contribution in [0.1, 0.15) is 284 Å². The molecule has 0 aliphatic carbocycles. The van der Waals surface area contributed by atoms with E-state index in [9.17, 15) is 19.5 Å². The van der Waals surface area contributed by atoms with E-state index in [0.717, 1.165) is 57.8 Å². The van der Waals surface area contributed by atoms with Crippen molar-refractivity contribution in [2.45, 2.75) is 296 Å². The Labute approximate surface area is 427 Å². The Balaban J connectivity index is 4.13. The maximum Gasteiger partial charge on any atom is 0.306 e. The number of ether oxygens (including phenoxy) is 4. The number of quaternary nitrogens is 1. The van der Waals surface area contributed by atoms with Crippen LogP contribution in [-0.2, 0) is 33.3 Å². The first kappa shape index (κ1) is 66.8. The predicted molar refractivity (Wildman–Crippen MR) is 288 cm³/mol. The van der Waals surface area contributed by atoms with Crippen LogP contribution in [0.4, 0.5) is 0 Å². The maximum atomic E-state index is 12.8. The highest BCUT2D eigenvalue weighted by Gasteiger charge is 2.22. The van der Waals surface area contributed by atoms with Crippen molar-refractivity contribution in [1.82, 2.24) is 0 Å². The van der Waals surface area contributed by atoms with Crippen molar-refractivity contribution in [2.75, 3.05) is 47.5 Å². The van der Waals surface area contributed by atoms with Crippen LogP contribution < -0.4 is 5.11 Å². The summed E-state index contributed by atoms with van der Waals surface area (Å²) in [7, 11) is 5.92. The summed E-state index contributed by atoms with van der Waals surface area (Å²) in [5.74, 6) is -2.28. The fourth-order valence-electron chi connectivity index (χ4n) is 8.63. The number of hydrogen-bond donors (Lipinski definition) is 0. The van der Waals surface area contributed by atoms with Crippen molar-refractivity contribution in [1.29, 1.82) is 0 Å². The number of unbranched alkanes of at least 4 members (excludes halogenated alkanes) is 36. The number of carboxylic acid groups (broad SMARTS) is 1. The number of rotatable bonds is 55. The van der Waals surface area contributed by atoms with Gasteiger partial charge in [-0.05, 0) is 44.9 Å². The van der Waals surface area contributed by atoms with Gasteiger partial charge in [-0.3, -0.25) is 9.59 Å². The van der Waals surface area contributed by atoms with Gasteiger partial charge in [-0.15, -0.1) is 0 Å². The molecule has 0 aromatic rings. The molecule has 9 nitrogen and oxygen atoms in total. The number of allylic oxidation sites excluding steroid dienone is 4. The van der Waals surface area contributed by atoms with Gasteiger partial charge in [0, 0.05) is 12.8 Å². The topological polar surface area (TPSA) is 111 Å². The lowest BCUT2D eigenvalue weighted by Gasteiger charge is -2.26. The van der Waals surface area contributed by atoms with E-state index in [-0.39, 0.29) is 32.2 Å². The predicted octanol–water partition coefficient (Wildman–Crippen LogP) is 15.8. The van der Waals surface area contributed by atoms with Gasteiger partial charge in [-0.1, -0.05) is 250 Å². The minimum atomic E-state index is -1.62. The monoisotopic (exact) mass is 976 g/mol. The Morgan fingerprint density at radius 2 is 0.783 bits per heavy atom. The average molecular weight is 977 g/mol. The molecule has 0 aromatic heterocycles. The molecule has 2 atom stereocenters. The maximum absolute atomic E-state index is 12.8. The van der Waals surface area contributed by atoms with Crippen LogP contribution in [0.25, 0.3) is 0 Å². The van der Waals surface area contributed by atoms with E-state index in [1.165, 1.54) is 193 Å². The Morgan fingerprint density at radius 3 is 1.16 bits per heavy atom. The van der Waals surface area contributed by atoms with Gasteiger partial charge in [0.05, 0.1) is 40.3 Å². The van der Waals surface area contributed by atoms with Crippen LogP contribution in [0.2, 0.25) is 0 Å². The zero-order chi connectivity index (χ0) is 50.6. The summed E-state index contributed by atoms with van der Waals surface area (Å²) in [6.07, 6.45) is 58.1. The van der Waals surface area contributed by atoms with Crippen molar-refractivity contribution in [3.8, 4) is 0 Å². The molecule has 9 heteroatoms. The third kappa shape index (κ3) is 53.4. The van der Waals surface area contributed by atoms with Crippen molar-refractivity contribution in [2.24, 2.45) is 0 Å². The second-order valence-corrected chi connectivity index (χ2v) is 21.3. The highest BCUT2D eigenvalue weighted by Crippen LogP contribution is 2.17. The summed E-state index contributed by atoms with van der Waals surface area (Å²) in [6.45, 7) is 4.76. The second kappa shape index (κ2) is 52.1. The van der Waals surface area contributed by atoms with Gasteiger partial charge in [-0.2, -0.15) is 0 Å². The number of hydrogen-bond acceptors (Lipinski definition) is 8. The van der Waals surface area contributed by atoms with E-state index in [1.54, 1.807) is 0 Å².